The van der Waals surface area contributed by atoms with Crippen LogP contribution in [0, 0.1) is 11.6 Å². The van der Waals surface area contributed by atoms with E-state index in [2.05, 4.69) is 15.9 Å². The van der Waals surface area contributed by atoms with Crippen LogP contribution in [0.1, 0.15) is 17.2 Å². The second kappa shape index (κ2) is 5.25. The largest absolute Gasteiger partial charge is 0.388 e. The molecule has 1 aromatic carbocycles. The number of hydrogen-bond acceptors (Lipinski definition) is 2. The summed E-state index contributed by atoms with van der Waals surface area (Å²) in [5, 5.41) is 11.7. The van der Waals surface area contributed by atoms with Crippen molar-refractivity contribution in [3.63, 3.8) is 0 Å². The molecule has 1 N–H and O–H groups in total. The fourth-order valence-corrected chi connectivity index (χ4v) is 2.75. The molecule has 90 valence electrons. The summed E-state index contributed by atoms with van der Waals surface area (Å²) >= 11 is 4.72. The number of halogens is 3. The van der Waals surface area contributed by atoms with Gasteiger partial charge in [0.15, 0.2) is 0 Å². The molecule has 1 aromatic heterocycles. The first kappa shape index (κ1) is 12.7. The number of hydrogen-bond donors (Lipinski definition) is 1. The molecule has 1 heterocycles. The van der Waals surface area contributed by atoms with E-state index in [0.717, 1.165) is 22.0 Å². The monoisotopic (exact) mass is 318 g/mol. The summed E-state index contributed by atoms with van der Waals surface area (Å²) in [6.45, 7) is 0. The molecule has 0 amide bonds. The standard InChI is InChI=1S/C12H9BrF2OS/c13-12-5-8(6-17-12)11(16)4-7-3-9(14)1-2-10(7)15/h1-3,5-6,11,16H,4H2. The maximum absolute atomic E-state index is 13.4. The van der Waals surface area contributed by atoms with Crippen LogP contribution in [0.3, 0.4) is 0 Å². The van der Waals surface area contributed by atoms with Gasteiger partial charge in [-0.15, -0.1) is 11.3 Å². The van der Waals surface area contributed by atoms with Gasteiger partial charge in [0.1, 0.15) is 11.6 Å². The molecule has 0 aliphatic carbocycles. The summed E-state index contributed by atoms with van der Waals surface area (Å²) in [6.07, 6.45) is -0.763. The minimum absolute atomic E-state index is 0.0623. The van der Waals surface area contributed by atoms with E-state index in [4.69, 9.17) is 0 Å². The zero-order valence-electron chi connectivity index (χ0n) is 8.66. The second-order valence-electron chi connectivity index (χ2n) is 3.64. The molecule has 1 nitrogen and oxygen atoms in total. The molecular weight excluding hydrogens is 310 g/mol. The number of benzene rings is 1. The summed E-state index contributed by atoms with van der Waals surface area (Å²) in [6, 6.07) is 5.01. The van der Waals surface area contributed by atoms with Gasteiger partial charge < -0.3 is 5.11 Å². The van der Waals surface area contributed by atoms with Crippen molar-refractivity contribution in [2.24, 2.45) is 0 Å². The molecule has 0 radical (unpaired) electrons. The lowest BCUT2D eigenvalue weighted by Crippen LogP contribution is -2.02. The fourth-order valence-electron chi connectivity index (χ4n) is 1.52. The quantitative estimate of drug-likeness (QED) is 0.904. The zero-order chi connectivity index (χ0) is 12.4. The Hall–Kier alpha value is -0.780. The molecule has 0 spiro atoms. The van der Waals surface area contributed by atoms with Crippen LogP contribution >= 0.6 is 27.3 Å². The third-order valence-corrected chi connectivity index (χ3v) is 3.92. The Morgan fingerprint density at radius 2 is 2.06 bits per heavy atom. The Bertz CT molecular complexity index is 527. The van der Waals surface area contributed by atoms with Gasteiger partial charge in [0.2, 0.25) is 0 Å². The Morgan fingerprint density at radius 1 is 1.29 bits per heavy atom. The van der Waals surface area contributed by atoms with Crippen molar-refractivity contribution in [3.8, 4) is 0 Å². The normalized spacial score (nSPS) is 12.7. The second-order valence-corrected chi connectivity index (χ2v) is 5.93. The average Bonchev–Trinajstić information content (AvgIpc) is 2.70. The predicted molar refractivity (Wildman–Crippen MR) is 67.0 cm³/mol. The topological polar surface area (TPSA) is 20.2 Å². The van der Waals surface area contributed by atoms with Crippen molar-refractivity contribution in [3.05, 3.63) is 56.2 Å². The van der Waals surface area contributed by atoms with Gasteiger partial charge in [0.25, 0.3) is 0 Å². The molecule has 0 aliphatic heterocycles. The van der Waals surface area contributed by atoms with E-state index in [0.29, 0.717) is 5.56 Å². The number of aliphatic hydroxyl groups is 1. The SMILES string of the molecule is OC(Cc1cc(F)ccc1F)c1csc(Br)c1. The van der Waals surface area contributed by atoms with Crippen LogP contribution in [0.5, 0.6) is 0 Å². The van der Waals surface area contributed by atoms with Crippen molar-refractivity contribution in [1.29, 1.82) is 0 Å². The Balaban J connectivity index is 2.18. The van der Waals surface area contributed by atoms with E-state index in [1.807, 2.05) is 0 Å². The van der Waals surface area contributed by atoms with Crippen LogP contribution in [-0.2, 0) is 6.42 Å². The van der Waals surface area contributed by atoms with Crippen molar-refractivity contribution in [1.82, 2.24) is 0 Å². The summed E-state index contributed by atoms with van der Waals surface area (Å²) in [5.41, 5.74) is 0.880. The highest BCUT2D eigenvalue weighted by atomic mass is 79.9. The lowest BCUT2D eigenvalue weighted by molar-refractivity contribution is 0.177. The molecule has 0 saturated carbocycles. The molecule has 17 heavy (non-hydrogen) atoms. The smallest absolute Gasteiger partial charge is 0.126 e. The van der Waals surface area contributed by atoms with E-state index in [1.165, 1.54) is 11.3 Å². The number of thiophene rings is 1. The third-order valence-electron chi connectivity index (χ3n) is 2.39. The highest BCUT2D eigenvalue weighted by Gasteiger charge is 2.13. The summed E-state index contributed by atoms with van der Waals surface area (Å²) in [5.74, 6) is -1.00. The van der Waals surface area contributed by atoms with E-state index >= 15 is 0 Å². The van der Waals surface area contributed by atoms with Gasteiger partial charge in [-0.25, -0.2) is 8.78 Å². The lowest BCUT2D eigenvalue weighted by atomic mass is 10.0. The lowest BCUT2D eigenvalue weighted by Gasteiger charge is -2.09. The Labute approximate surface area is 110 Å². The van der Waals surface area contributed by atoms with Crippen LogP contribution in [0.2, 0.25) is 0 Å². The molecule has 1 atom stereocenters. The Morgan fingerprint density at radius 3 is 2.71 bits per heavy atom. The zero-order valence-corrected chi connectivity index (χ0v) is 11.1. The average molecular weight is 319 g/mol. The third kappa shape index (κ3) is 3.12. The van der Waals surface area contributed by atoms with Crippen molar-refractivity contribution in [2.75, 3.05) is 0 Å². The minimum Gasteiger partial charge on any atom is -0.388 e. The molecule has 0 fully saturated rings. The highest BCUT2D eigenvalue weighted by Crippen LogP contribution is 2.27. The molecule has 1 unspecified atom stereocenters. The van der Waals surface area contributed by atoms with Crippen LogP contribution in [0.4, 0.5) is 8.78 Å². The van der Waals surface area contributed by atoms with Gasteiger partial charge in [-0.2, -0.15) is 0 Å². The highest BCUT2D eigenvalue weighted by molar-refractivity contribution is 9.11. The van der Waals surface area contributed by atoms with Crippen LogP contribution in [-0.4, -0.2) is 5.11 Å². The Kier molecular flexibility index (Phi) is 3.91. The van der Waals surface area contributed by atoms with Gasteiger partial charge in [0, 0.05) is 6.42 Å². The molecule has 0 bridgehead atoms. The molecular formula is C12H9BrF2OS. The number of aliphatic hydroxyl groups excluding tert-OH is 1. The van der Waals surface area contributed by atoms with Crippen LogP contribution in [0.15, 0.2) is 33.4 Å². The van der Waals surface area contributed by atoms with Crippen molar-refractivity contribution >= 4 is 27.3 Å². The summed E-state index contributed by atoms with van der Waals surface area (Å²) in [7, 11) is 0. The molecule has 0 aliphatic rings. The predicted octanol–water partition coefficient (Wildman–Crippen LogP) is 4.06. The first-order valence-electron chi connectivity index (χ1n) is 4.92. The minimum atomic E-state index is -0.825. The molecule has 5 heteroatoms. The molecule has 2 rings (SSSR count). The van der Waals surface area contributed by atoms with Gasteiger partial charge in [-0.05, 0) is 56.7 Å². The van der Waals surface area contributed by atoms with E-state index in [1.54, 1.807) is 11.4 Å². The first-order valence-corrected chi connectivity index (χ1v) is 6.59. The fraction of sp³-hybridized carbons (Fsp3) is 0.167. The van der Waals surface area contributed by atoms with Gasteiger partial charge >= 0.3 is 0 Å². The van der Waals surface area contributed by atoms with Crippen LogP contribution < -0.4 is 0 Å². The summed E-state index contributed by atoms with van der Waals surface area (Å²) in [4.78, 5) is 0. The van der Waals surface area contributed by atoms with E-state index in [9.17, 15) is 13.9 Å². The van der Waals surface area contributed by atoms with Crippen molar-refractivity contribution in [2.45, 2.75) is 12.5 Å². The first-order chi connectivity index (χ1) is 8.06. The van der Waals surface area contributed by atoms with Crippen molar-refractivity contribution < 1.29 is 13.9 Å². The molecule has 2 aromatic rings. The van der Waals surface area contributed by atoms with E-state index in [-0.39, 0.29) is 12.0 Å². The maximum atomic E-state index is 13.4. The van der Waals surface area contributed by atoms with Gasteiger partial charge in [-0.1, -0.05) is 0 Å². The number of rotatable bonds is 3. The summed E-state index contributed by atoms with van der Waals surface area (Å²) < 4.78 is 27.2. The maximum Gasteiger partial charge on any atom is 0.126 e. The van der Waals surface area contributed by atoms with Gasteiger partial charge in [0.05, 0.1) is 9.89 Å². The van der Waals surface area contributed by atoms with Crippen LogP contribution in [0.25, 0.3) is 0 Å². The van der Waals surface area contributed by atoms with E-state index < -0.39 is 17.7 Å². The molecule has 0 saturated heterocycles. The van der Waals surface area contributed by atoms with Gasteiger partial charge in [-0.3, -0.25) is 0 Å².